The first-order valence-electron chi connectivity index (χ1n) is 12.0. The average molecular weight is 414 g/mol. The van der Waals surface area contributed by atoms with Crippen molar-refractivity contribution >= 4 is 5.69 Å². The van der Waals surface area contributed by atoms with Crippen LogP contribution >= 0.6 is 0 Å². The van der Waals surface area contributed by atoms with Crippen LogP contribution < -0.4 is 4.90 Å². The molecule has 1 nitrogen and oxygen atoms in total. The summed E-state index contributed by atoms with van der Waals surface area (Å²) in [7, 11) is 0. The molecule has 0 spiro atoms. The van der Waals surface area contributed by atoms with E-state index >= 15 is 0 Å². The Morgan fingerprint density at radius 2 is 1.68 bits per heavy atom. The molecule has 2 atom stereocenters. The number of hydrogen-bond acceptors (Lipinski definition) is 1. The predicted molar refractivity (Wildman–Crippen MR) is 134 cm³/mol. The molecule has 0 fully saturated rings. The molecule has 0 aromatic heterocycles. The summed E-state index contributed by atoms with van der Waals surface area (Å²) in [6, 6.07) is 4.83. The largest absolute Gasteiger partial charge is 0.314 e. The molecule has 4 rings (SSSR count). The topological polar surface area (TPSA) is 3.24 Å². The van der Waals surface area contributed by atoms with E-state index < -0.39 is 0 Å². The van der Waals surface area contributed by atoms with E-state index in [1.165, 1.54) is 33.6 Å². The van der Waals surface area contributed by atoms with Gasteiger partial charge in [0.15, 0.2) is 0 Å². The fourth-order valence-corrected chi connectivity index (χ4v) is 6.20. The van der Waals surface area contributed by atoms with E-state index in [1.807, 2.05) is 0 Å². The lowest BCUT2D eigenvalue weighted by Gasteiger charge is -2.54. The summed E-state index contributed by atoms with van der Waals surface area (Å²) in [4.78, 5) is 2.54. The van der Waals surface area contributed by atoms with Gasteiger partial charge in [-0.1, -0.05) is 84.7 Å². The van der Waals surface area contributed by atoms with E-state index in [-0.39, 0.29) is 16.2 Å². The third-order valence-electron chi connectivity index (χ3n) is 8.31. The molecule has 1 unspecified atom stereocenters. The highest BCUT2D eigenvalue weighted by Gasteiger charge is 2.49. The number of rotatable bonds is 1. The predicted octanol–water partition coefficient (Wildman–Crippen LogP) is 7.95. The molecular formula is C30H39N. The van der Waals surface area contributed by atoms with Gasteiger partial charge in [0.25, 0.3) is 0 Å². The summed E-state index contributed by atoms with van der Waals surface area (Å²) >= 11 is 0. The number of aryl methyl sites for hydroxylation is 1. The zero-order valence-corrected chi connectivity index (χ0v) is 21.1. The zero-order chi connectivity index (χ0) is 22.9. The molecule has 1 aromatic carbocycles. The van der Waals surface area contributed by atoms with Crippen molar-refractivity contribution in [2.45, 2.75) is 92.4 Å². The van der Waals surface area contributed by atoms with E-state index in [0.717, 1.165) is 25.0 Å². The lowest BCUT2D eigenvalue weighted by molar-refractivity contribution is 0.346. The first-order chi connectivity index (χ1) is 14.4. The Morgan fingerprint density at radius 3 is 2.26 bits per heavy atom. The number of anilines is 1. The van der Waals surface area contributed by atoms with Crippen LogP contribution in [0.2, 0.25) is 0 Å². The molecule has 3 aliphatic heterocycles. The second kappa shape index (κ2) is 6.90. The molecule has 2 bridgehead atoms. The van der Waals surface area contributed by atoms with E-state index in [1.54, 1.807) is 5.57 Å². The van der Waals surface area contributed by atoms with Gasteiger partial charge >= 0.3 is 0 Å². The lowest BCUT2D eigenvalue weighted by atomic mass is 9.61. The van der Waals surface area contributed by atoms with Crippen molar-refractivity contribution in [1.29, 1.82) is 0 Å². The minimum Gasteiger partial charge on any atom is -0.314 e. The third kappa shape index (κ3) is 2.91. The maximum atomic E-state index is 4.71. The number of hydrogen-bond donors (Lipinski definition) is 0. The molecule has 0 aliphatic carbocycles. The summed E-state index contributed by atoms with van der Waals surface area (Å²) in [6.45, 7) is 25.7. The Kier molecular flexibility index (Phi) is 4.90. The first kappa shape index (κ1) is 22.0. The number of fused-ring (bicyclic) bond motifs is 1. The smallest absolute Gasteiger partial charge is 0.0540 e. The van der Waals surface area contributed by atoms with Gasteiger partial charge in [-0.05, 0) is 54.9 Å². The number of benzene rings is 1. The second-order valence-corrected chi connectivity index (χ2v) is 11.1. The normalized spacial score (nSPS) is 27.8. The Labute approximate surface area is 190 Å². The Hall–Kier alpha value is -2.20. The van der Waals surface area contributed by atoms with Crippen molar-refractivity contribution in [3.05, 3.63) is 64.0 Å². The van der Waals surface area contributed by atoms with E-state index in [0.29, 0.717) is 5.92 Å². The number of nitrogens with zero attached hydrogens (tertiary/aromatic N) is 1. The first-order valence-corrected chi connectivity index (χ1v) is 12.0. The quantitative estimate of drug-likeness (QED) is 0.422. The second-order valence-electron chi connectivity index (χ2n) is 11.1. The molecule has 3 heterocycles. The molecule has 0 N–H and O–H groups in total. The van der Waals surface area contributed by atoms with Crippen LogP contribution in [0.4, 0.5) is 5.69 Å². The van der Waals surface area contributed by atoms with Crippen LogP contribution in [0, 0.1) is 30.1 Å². The monoisotopic (exact) mass is 413 g/mol. The molecule has 1 aromatic rings. The molecule has 1 heteroatoms. The van der Waals surface area contributed by atoms with E-state index in [9.17, 15) is 0 Å². The van der Waals surface area contributed by atoms with Crippen molar-refractivity contribution in [2.24, 2.45) is 11.3 Å². The Balaban J connectivity index is 2.18. The van der Waals surface area contributed by atoms with Gasteiger partial charge in [-0.2, -0.15) is 0 Å². The molecule has 0 saturated heterocycles. The van der Waals surface area contributed by atoms with Crippen molar-refractivity contribution in [1.82, 2.24) is 0 Å². The highest BCUT2D eigenvalue weighted by atomic mass is 15.2. The molecule has 0 radical (unpaired) electrons. The van der Waals surface area contributed by atoms with Crippen molar-refractivity contribution in [2.75, 3.05) is 4.90 Å². The highest BCUT2D eigenvalue weighted by Crippen LogP contribution is 2.60. The Morgan fingerprint density at radius 1 is 1.06 bits per heavy atom. The standard InChI is InChI=1S/C30H39N/c1-11-13-14-30(10)18-25-21(5)31-26(17-20(30)4)22(12-2)28(6,7)23-15-19(3)16-24(27(23)31)29(25,8)9/h15-16,18,20H,5,11-12,17H2,1-4,6-10H3/t20?,30-/m1/s1. The van der Waals surface area contributed by atoms with Crippen LogP contribution in [0.1, 0.15) is 91.3 Å². The fraction of sp³-hybridized carbons (Fsp3) is 0.533. The maximum absolute atomic E-state index is 4.71. The molecule has 3 aliphatic rings. The summed E-state index contributed by atoms with van der Waals surface area (Å²) in [5.74, 6) is 7.51. The fourth-order valence-electron chi connectivity index (χ4n) is 6.20. The van der Waals surface area contributed by atoms with Crippen LogP contribution in [-0.2, 0) is 10.8 Å². The lowest BCUT2D eigenvalue weighted by Crippen LogP contribution is -2.46. The van der Waals surface area contributed by atoms with Crippen LogP contribution in [-0.4, -0.2) is 0 Å². The van der Waals surface area contributed by atoms with E-state index in [4.69, 9.17) is 6.58 Å². The summed E-state index contributed by atoms with van der Waals surface area (Å²) in [5, 5.41) is 0. The zero-order valence-electron chi connectivity index (χ0n) is 21.1. The summed E-state index contributed by atoms with van der Waals surface area (Å²) in [6.07, 6.45) is 5.44. The SMILES string of the molecule is C=C1C2=C[C@@](C)(C#CCC)C(C)CC3=C(CC)C(C)(C)c4cc(C)cc(c4N13)C2(C)C. The van der Waals surface area contributed by atoms with Gasteiger partial charge in [0.2, 0.25) is 0 Å². The average Bonchev–Trinajstić information content (AvgIpc) is 2.68. The van der Waals surface area contributed by atoms with Gasteiger partial charge < -0.3 is 4.90 Å². The molecule has 31 heavy (non-hydrogen) atoms. The van der Waals surface area contributed by atoms with Crippen molar-refractivity contribution in [3.8, 4) is 11.8 Å². The highest BCUT2D eigenvalue weighted by molar-refractivity contribution is 5.82. The van der Waals surface area contributed by atoms with Crippen LogP contribution in [0.15, 0.2) is 47.3 Å². The Bertz CT molecular complexity index is 1100. The van der Waals surface area contributed by atoms with Crippen LogP contribution in [0.5, 0.6) is 0 Å². The molecular weight excluding hydrogens is 374 g/mol. The minimum atomic E-state index is -0.171. The minimum absolute atomic E-state index is 0.0126. The van der Waals surface area contributed by atoms with Gasteiger partial charge in [0.1, 0.15) is 0 Å². The van der Waals surface area contributed by atoms with Crippen molar-refractivity contribution in [3.63, 3.8) is 0 Å². The molecule has 164 valence electrons. The van der Waals surface area contributed by atoms with Gasteiger partial charge in [-0.15, -0.1) is 5.92 Å². The van der Waals surface area contributed by atoms with Gasteiger partial charge in [-0.25, -0.2) is 0 Å². The van der Waals surface area contributed by atoms with Crippen LogP contribution in [0.25, 0.3) is 0 Å². The number of allylic oxidation sites excluding steroid dienone is 4. The molecule has 0 amide bonds. The van der Waals surface area contributed by atoms with E-state index in [2.05, 4.69) is 97.3 Å². The summed E-state index contributed by atoms with van der Waals surface area (Å²) < 4.78 is 0. The molecule has 0 saturated carbocycles. The van der Waals surface area contributed by atoms with Gasteiger partial charge in [-0.3, -0.25) is 0 Å². The van der Waals surface area contributed by atoms with Gasteiger partial charge in [0, 0.05) is 28.6 Å². The summed E-state index contributed by atoms with van der Waals surface area (Å²) in [5.41, 5.74) is 10.9. The maximum Gasteiger partial charge on any atom is 0.0540 e. The van der Waals surface area contributed by atoms with Gasteiger partial charge in [0.05, 0.1) is 11.1 Å². The van der Waals surface area contributed by atoms with Crippen LogP contribution in [0.3, 0.4) is 0 Å². The van der Waals surface area contributed by atoms with Crippen molar-refractivity contribution < 1.29 is 0 Å². The third-order valence-corrected chi connectivity index (χ3v) is 8.31.